The Kier molecular flexibility index (Phi) is 8.36. The predicted molar refractivity (Wildman–Crippen MR) is 161 cm³/mol. The first-order valence-corrected chi connectivity index (χ1v) is 14.3. The molecule has 0 unspecified atom stereocenters. The Morgan fingerprint density at radius 2 is 2.12 bits per heavy atom. The molecule has 0 saturated heterocycles. The highest BCUT2D eigenvalue weighted by Gasteiger charge is 2.26. The number of nitrogens with zero attached hydrogens (tertiary/aromatic N) is 7. The molecule has 0 fully saturated rings. The van der Waals surface area contributed by atoms with Gasteiger partial charge < -0.3 is 10.2 Å². The third kappa shape index (κ3) is 5.96. The lowest BCUT2D eigenvalue weighted by Crippen LogP contribution is -2.31. The van der Waals surface area contributed by atoms with Gasteiger partial charge in [0.2, 0.25) is 11.8 Å². The van der Waals surface area contributed by atoms with Crippen molar-refractivity contribution in [1.82, 2.24) is 29.3 Å². The molecule has 2 amide bonds. The Morgan fingerprint density at radius 3 is 2.88 bits per heavy atom. The van der Waals surface area contributed by atoms with Crippen LogP contribution >= 0.6 is 23.1 Å². The molecule has 4 aromatic rings. The number of rotatable bonds is 5. The van der Waals surface area contributed by atoms with Gasteiger partial charge in [-0.1, -0.05) is 35.5 Å². The van der Waals surface area contributed by atoms with Crippen LogP contribution in [-0.4, -0.2) is 54.8 Å². The SMILES string of the molecule is C=N/C(=C\C(=O)N(C)[C@H]1CCC[C@@H](C)C(=O)Nc2cnn(C)c2-c2ccnc1c2)c1cc(Cl)ccc1-c1csnn1. The van der Waals surface area contributed by atoms with E-state index < -0.39 is 0 Å². The lowest BCUT2D eigenvalue weighted by molar-refractivity contribution is -0.127. The molecule has 3 aromatic heterocycles. The summed E-state index contributed by atoms with van der Waals surface area (Å²) in [6.07, 6.45) is 6.81. The van der Waals surface area contributed by atoms with Crippen LogP contribution in [0.5, 0.6) is 0 Å². The van der Waals surface area contributed by atoms with Crippen molar-refractivity contribution in [3.8, 4) is 22.5 Å². The number of benzene rings is 1. The molecule has 12 heteroatoms. The molecule has 0 spiro atoms. The minimum atomic E-state index is -0.349. The van der Waals surface area contributed by atoms with Crippen LogP contribution in [0.1, 0.15) is 43.5 Å². The summed E-state index contributed by atoms with van der Waals surface area (Å²) in [6, 6.07) is 8.80. The van der Waals surface area contributed by atoms with E-state index in [0.717, 1.165) is 22.5 Å². The fraction of sp³-hybridized carbons (Fsp3) is 0.276. The van der Waals surface area contributed by atoms with Crippen LogP contribution in [0.3, 0.4) is 0 Å². The molecule has 1 aromatic carbocycles. The molecular formula is C29H29ClN8O2S. The van der Waals surface area contributed by atoms with Crippen LogP contribution in [0.2, 0.25) is 5.02 Å². The number of pyridine rings is 1. The second kappa shape index (κ2) is 12.1. The van der Waals surface area contributed by atoms with E-state index in [2.05, 4.69) is 36.7 Å². The van der Waals surface area contributed by atoms with Crippen molar-refractivity contribution in [3.05, 3.63) is 70.5 Å². The van der Waals surface area contributed by atoms with Crippen LogP contribution < -0.4 is 5.32 Å². The molecule has 1 aliphatic heterocycles. The third-order valence-corrected chi connectivity index (χ3v) is 8.03. The van der Waals surface area contributed by atoms with Crippen LogP contribution in [0.25, 0.3) is 28.2 Å². The number of fused-ring (bicyclic) bond motifs is 4. The van der Waals surface area contributed by atoms with Gasteiger partial charge in [-0.3, -0.25) is 24.2 Å². The first-order valence-electron chi connectivity index (χ1n) is 13.1. The summed E-state index contributed by atoms with van der Waals surface area (Å²) in [5, 5.41) is 13.9. The highest BCUT2D eigenvalue weighted by Crippen LogP contribution is 2.35. The number of carbonyl (C=O) groups excluding carboxylic acids is 2. The summed E-state index contributed by atoms with van der Waals surface area (Å²) < 4.78 is 5.68. The average Bonchev–Trinajstić information content (AvgIpc) is 3.63. The maximum atomic E-state index is 13.8. The molecule has 5 rings (SSSR count). The molecule has 41 heavy (non-hydrogen) atoms. The summed E-state index contributed by atoms with van der Waals surface area (Å²) in [5.41, 5.74) is 5.39. The van der Waals surface area contributed by atoms with E-state index in [0.29, 0.717) is 46.9 Å². The maximum Gasteiger partial charge on any atom is 0.249 e. The molecule has 2 atom stereocenters. The number of aliphatic imine (C=N–C) groups is 1. The molecule has 210 valence electrons. The fourth-order valence-corrected chi connectivity index (χ4v) is 5.64. The first-order chi connectivity index (χ1) is 19.8. The number of hydrogen-bond donors (Lipinski definition) is 1. The van der Waals surface area contributed by atoms with Crippen molar-refractivity contribution in [2.75, 3.05) is 12.4 Å². The van der Waals surface area contributed by atoms with Gasteiger partial charge in [0.15, 0.2) is 0 Å². The third-order valence-electron chi connectivity index (χ3n) is 7.29. The highest BCUT2D eigenvalue weighted by molar-refractivity contribution is 7.03. The summed E-state index contributed by atoms with van der Waals surface area (Å²) in [6.45, 7) is 5.63. The Bertz CT molecular complexity index is 1630. The Morgan fingerprint density at radius 1 is 1.29 bits per heavy atom. The number of hydrogen-bond acceptors (Lipinski definition) is 8. The topological polar surface area (TPSA) is 118 Å². The number of aromatic nitrogens is 5. The normalized spacial score (nSPS) is 17.6. The lowest BCUT2D eigenvalue weighted by Gasteiger charge is -2.28. The summed E-state index contributed by atoms with van der Waals surface area (Å²) in [7, 11) is 3.58. The summed E-state index contributed by atoms with van der Waals surface area (Å²) in [5.74, 6) is -0.549. The number of amides is 2. The Labute approximate surface area is 246 Å². The van der Waals surface area contributed by atoms with Crippen molar-refractivity contribution in [3.63, 3.8) is 0 Å². The lowest BCUT2D eigenvalue weighted by atomic mass is 9.96. The van der Waals surface area contributed by atoms with Gasteiger partial charge in [-0.25, -0.2) is 0 Å². The molecule has 0 radical (unpaired) electrons. The number of halogens is 1. The number of carbonyl (C=O) groups is 2. The van der Waals surface area contributed by atoms with E-state index in [9.17, 15) is 9.59 Å². The van der Waals surface area contributed by atoms with E-state index in [1.807, 2.05) is 37.6 Å². The van der Waals surface area contributed by atoms with Crippen LogP contribution in [0.4, 0.5) is 5.69 Å². The van der Waals surface area contributed by atoms with Gasteiger partial charge in [0.1, 0.15) is 5.69 Å². The van der Waals surface area contributed by atoms with E-state index in [1.165, 1.54) is 17.6 Å². The zero-order valence-corrected chi connectivity index (χ0v) is 24.5. The quantitative estimate of drug-likeness (QED) is 0.238. The van der Waals surface area contributed by atoms with Crippen molar-refractivity contribution in [2.24, 2.45) is 18.0 Å². The molecule has 0 aliphatic carbocycles. The van der Waals surface area contributed by atoms with Gasteiger partial charge in [-0.2, -0.15) is 5.10 Å². The van der Waals surface area contributed by atoms with Gasteiger partial charge in [-0.05, 0) is 55.4 Å². The van der Waals surface area contributed by atoms with Gasteiger partial charge >= 0.3 is 0 Å². The van der Waals surface area contributed by atoms with E-state index in [4.69, 9.17) is 11.6 Å². The molecular weight excluding hydrogens is 560 g/mol. The van der Waals surface area contributed by atoms with Crippen molar-refractivity contribution < 1.29 is 9.59 Å². The number of likely N-dealkylation sites (N-methyl/N-ethyl adjacent to an activating group) is 1. The number of aryl methyl sites for hydroxylation is 1. The summed E-state index contributed by atoms with van der Waals surface area (Å²) >= 11 is 7.56. The zero-order valence-electron chi connectivity index (χ0n) is 22.9. The summed E-state index contributed by atoms with van der Waals surface area (Å²) in [4.78, 5) is 37.2. The standard InChI is InChI=1S/C29H29ClN8O2S/c1-17-6-5-7-26(23-12-18(10-11-32-23)28-24(34-29(17)40)15-33-38(28)4)37(3)27(39)14-22(31-2)21-13-19(30)8-9-20(21)25-16-41-36-35-25/h8-17,26H,2,5-7H2,1,3-4H3,(H,34,40)/b22-14-/t17-,26+/m1/s1. The van der Waals surface area contributed by atoms with Gasteiger partial charge in [0, 0.05) is 59.4 Å². The van der Waals surface area contributed by atoms with Crippen molar-refractivity contribution in [1.29, 1.82) is 0 Å². The van der Waals surface area contributed by atoms with Gasteiger partial charge in [0.25, 0.3) is 0 Å². The molecule has 2 bridgehead atoms. The smallest absolute Gasteiger partial charge is 0.249 e. The number of nitrogens with one attached hydrogen (secondary N) is 1. The van der Waals surface area contributed by atoms with Gasteiger partial charge in [-0.15, -0.1) is 5.10 Å². The van der Waals surface area contributed by atoms with Crippen molar-refractivity contribution >= 4 is 53.0 Å². The molecule has 10 nitrogen and oxygen atoms in total. The average molecular weight is 589 g/mol. The second-order valence-electron chi connectivity index (χ2n) is 9.95. The van der Waals surface area contributed by atoms with E-state index >= 15 is 0 Å². The van der Waals surface area contributed by atoms with Crippen LogP contribution in [-0.2, 0) is 16.6 Å². The zero-order chi connectivity index (χ0) is 29.1. The fourth-order valence-electron chi connectivity index (χ4n) is 5.01. The monoisotopic (exact) mass is 588 g/mol. The van der Waals surface area contributed by atoms with Crippen molar-refractivity contribution in [2.45, 2.75) is 32.2 Å². The largest absolute Gasteiger partial charge is 0.334 e. The van der Waals surface area contributed by atoms with Gasteiger partial charge in [0.05, 0.1) is 35.0 Å². The Hall–Kier alpha value is -4.22. The first kappa shape index (κ1) is 28.3. The maximum absolute atomic E-state index is 13.8. The minimum absolute atomic E-state index is 0.0626. The second-order valence-corrected chi connectivity index (χ2v) is 11.0. The van der Waals surface area contributed by atoms with E-state index in [1.54, 1.807) is 41.2 Å². The number of anilines is 1. The predicted octanol–water partition coefficient (Wildman–Crippen LogP) is 5.65. The highest BCUT2D eigenvalue weighted by atomic mass is 35.5. The molecule has 1 N–H and O–H groups in total. The Balaban J connectivity index is 1.53. The minimum Gasteiger partial charge on any atom is -0.334 e. The molecule has 1 aliphatic rings. The van der Waals surface area contributed by atoms with Crippen LogP contribution in [0.15, 0.2) is 59.2 Å². The molecule has 4 heterocycles. The molecule has 0 saturated carbocycles. The van der Waals surface area contributed by atoms with E-state index in [-0.39, 0.29) is 23.8 Å². The van der Waals surface area contributed by atoms with Crippen LogP contribution in [0, 0.1) is 5.92 Å².